The van der Waals surface area contributed by atoms with Crippen LogP contribution in [0.2, 0.25) is 0 Å². The maximum Gasteiger partial charge on any atom is 0.310 e. The maximum absolute atomic E-state index is 10.9. The number of hydrogen-bond acceptors (Lipinski definition) is 3. The fourth-order valence-electron chi connectivity index (χ4n) is 1.84. The number of aliphatic carboxylic acids is 1. The fourth-order valence-corrected chi connectivity index (χ4v) is 1.84. The minimum Gasteiger partial charge on any atom is -0.489 e. The number of ether oxygens (including phenoxy) is 1. The summed E-state index contributed by atoms with van der Waals surface area (Å²) in [7, 11) is 0. The third-order valence-corrected chi connectivity index (χ3v) is 3.24. The summed E-state index contributed by atoms with van der Waals surface area (Å²) in [6.45, 7) is 2.05. The van der Waals surface area contributed by atoms with Crippen LogP contribution in [0.5, 0.6) is 5.75 Å². The van der Waals surface area contributed by atoms with Gasteiger partial charge < -0.3 is 9.84 Å². The normalized spacial score (nSPS) is 11.4. The van der Waals surface area contributed by atoms with Crippen LogP contribution in [0.4, 0.5) is 0 Å². The van der Waals surface area contributed by atoms with Crippen molar-refractivity contribution in [3.63, 3.8) is 0 Å². The number of carboxylic acid groups (broad SMARTS) is 1. The highest BCUT2D eigenvalue weighted by atomic mass is 16.5. The molecule has 1 N–H and O–H groups in total. The standard InChI is InChI=1S/C17H15NO3/c1-12(17(19)20)15-6-2-14(3-7-15)11-21-16-8-4-13(10-18)5-9-16/h2-9,12H,11H2,1H3,(H,19,20). The Balaban J connectivity index is 1.97. The summed E-state index contributed by atoms with van der Waals surface area (Å²) in [5.74, 6) is -0.660. The number of nitriles is 1. The van der Waals surface area contributed by atoms with Gasteiger partial charge in [0.05, 0.1) is 17.6 Å². The van der Waals surface area contributed by atoms with E-state index in [4.69, 9.17) is 15.1 Å². The Morgan fingerprint density at radius 1 is 1.19 bits per heavy atom. The molecule has 1 unspecified atom stereocenters. The van der Waals surface area contributed by atoms with Crippen LogP contribution in [0, 0.1) is 11.3 Å². The first-order valence-corrected chi connectivity index (χ1v) is 6.55. The summed E-state index contributed by atoms with van der Waals surface area (Å²) in [4.78, 5) is 10.9. The second kappa shape index (κ2) is 6.58. The van der Waals surface area contributed by atoms with E-state index in [0.29, 0.717) is 17.9 Å². The Hall–Kier alpha value is -2.80. The number of hydrogen-bond donors (Lipinski definition) is 1. The minimum absolute atomic E-state index is 0.396. The van der Waals surface area contributed by atoms with Crippen molar-refractivity contribution in [2.24, 2.45) is 0 Å². The molecule has 0 saturated heterocycles. The van der Waals surface area contributed by atoms with Gasteiger partial charge in [0.25, 0.3) is 0 Å². The van der Waals surface area contributed by atoms with Crippen molar-refractivity contribution >= 4 is 5.97 Å². The predicted molar refractivity (Wildman–Crippen MR) is 78.0 cm³/mol. The van der Waals surface area contributed by atoms with Crippen LogP contribution in [-0.4, -0.2) is 11.1 Å². The van der Waals surface area contributed by atoms with Crippen molar-refractivity contribution in [3.8, 4) is 11.8 Å². The molecule has 4 nitrogen and oxygen atoms in total. The van der Waals surface area contributed by atoms with E-state index >= 15 is 0 Å². The molecular formula is C17H15NO3. The van der Waals surface area contributed by atoms with Crippen LogP contribution in [-0.2, 0) is 11.4 Å². The lowest BCUT2D eigenvalue weighted by Gasteiger charge is -2.09. The van der Waals surface area contributed by atoms with Gasteiger partial charge in [-0.2, -0.15) is 5.26 Å². The number of rotatable bonds is 5. The van der Waals surface area contributed by atoms with Crippen molar-refractivity contribution < 1.29 is 14.6 Å². The van der Waals surface area contributed by atoms with Gasteiger partial charge in [0.15, 0.2) is 0 Å². The van der Waals surface area contributed by atoms with E-state index < -0.39 is 11.9 Å². The number of carboxylic acids is 1. The first-order chi connectivity index (χ1) is 10.1. The Kier molecular flexibility index (Phi) is 4.57. The zero-order valence-electron chi connectivity index (χ0n) is 11.6. The zero-order valence-corrected chi connectivity index (χ0v) is 11.6. The van der Waals surface area contributed by atoms with Gasteiger partial charge in [0, 0.05) is 0 Å². The van der Waals surface area contributed by atoms with E-state index in [1.807, 2.05) is 12.1 Å². The maximum atomic E-state index is 10.9. The van der Waals surface area contributed by atoms with Crippen LogP contribution in [0.3, 0.4) is 0 Å². The van der Waals surface area contributed by atoms with Gasteiger partial charge in [-0.3, -0.25) is 4.79 Å². The van der Waals surface area contributed by atoms with Gasteiger partial charge >= 0.3 is 5.97 Å². The van der Waals surface area contributed by atoms with E-state index in [1.165, 1.54) is 0 Å². The lowest BCUT2D eigenvalue weighted by atomic mass is 10.0. The molecular weight excluding hydrogens is 266 g/mol. The molecule has 0 spiro atoms. The number of nitrogens with zero attached hydrogens (tertiary/aromatic N) is 1. The van der Waals surface area contributed by atoms with E-state index in [2.05, 4.69) is 6.07 Å². The van der Waals surface area contributed by atoms with Gasteiger partial charge in [0.2, 0.25) is 0 Å². The first-order valence-electron chi connectivity index (χ1n) is 6.55. The molecule has 0 fully saturated rings. The molecule has 2 rings (SSSR count). The van der Waals surface area contributed by atoms with Gasteiger partial charge in [-0.05, 0) is 42.3 Å². The largest absolute Gasteiger partial charge is 0.489 e. The molecule has 0 aliphatic heterocycles. The molecule has 0 bridgehead atoms. The third kappa shape index (κ3) is 3.83. The second-order valence-corrected chi connectivity index (χ2v) is 4.73. The Labute approximate surface area is 123 Å². The highest BCUT2D eigenvalue weighted by Gasteiger charge is 2.12. The smallest absolute Gasteiger partial charge is 0.310 e. The molecule has 21 heavy (non-hydrogen) atoms. The topological polar surface area (TPSA) is 70.3 Å². The number of carbonyl (C=O) groups is 1. The summed E-state index contributed by atoms with van der Waals surface area (Å²) in [6.07, 6.45) is 0. The van der Waals surface area contributed by atoms with Gasteiger partial charge in [-0.15, -0.1) is 0 Å². The summed E-state index contributed by atoms with van der Waals surface area (Å²) >= 11 is 0. The second-order valence-electron chi connectivity index (χ2n) is 4.73. The molecule has 0 aliphatic carbocycles. The molecule has 4 heteroatoms. The quantitative estimate of drug-likeness (QED) is 0.912. The average molecular weight is 281 g/mol. The molecule has 2 aromatic rings. The molecule has 106 valence electrons. The SMILES string of the molecule is CC(C(=O)O)c1ccc(COc2ccc(C#N)cc2)cc1. The van der Waals surface area contributed by atoms with Crippen molar-refractivity contribution in [1.82, 2.24) is 0 Å². The fraction of sp³-hybridized carbons (Fsp3) is 0.176. The van der Waals surface area contributed by atoms with Crippen LogP contribution in [0.15, 0.2) is 48.5 Å². The van der Waals surface area contributed by atoms with E-state index in [1.54, 1.807) is 43.3 Å². The highest BCUT2D eigenvalue weighted by Crippen LogP contribution is 2.18. The van der Waals surface area contributed by atoms with Crippen LogP contribution in [0.1, 0.15) is 29.5 Å². The summed E-state index contributed by atoms with van der Waals surface area (Å²) in [6, 6.07) is 16.3. The predicted octanol–water partition coefficient (Wildman–Crippen LogP) is 3.33. The lowest BCUT2D eigenvalue weighted by Crippen LogP contribution is -2.07. The van der Waals surface area contributed by atoms with Gasteiger partial charge in [-0.25, -0.2) is 0 Å². The molecule has 1 atom stereocenters. The summed E-state index contributed by atoms with van der Waals surface area (Å²) in [5.41, 5.74) is 2.32. The number of benzene rings is 2. The van der Waals surface area contributed by atoms with Crippen LogP contribution < -0.4 is 4.74 Å². The Bertz CT molecular complexity index is 654. The summed E-state index contributed by atoms with van der Waals surface area (Å²) < 4.78 is 5.61. The van der Waals surface area contributed by atoms with Crippen molar-refractivity contribution in [2.45, 2.75) is 19.4 Å². The summed E-state index contributed by atoms with van der Waals surface area (Å²) in [5, 5.41) is 17.7. The zero-order chi connectivity index (χ0) is 15.2. The molecule has 2 aromatic carbocycles. The Morgan fingerprint density at radius 3 is 2.33 bits per heavy atom. The Morgan fingerprint density at radius 2 is 1.81 bits per heavy atom. The van der Waals surface area contributed by atoms with Crippen LogP contribution >= 0.6 is 0 Å². The molecule has 0 heterocycles. The third-order valence-electron chi connectivity index (χ3n) is 3.24. The molecule has 0 saturated carbocycles. The van der Waals surface area contributed by atoms with Crippen molar-refractivity contribution in [1.29, 1.82) is 5.26 Å². The van der Waals surface area contributed by atoms with Crippen LogP contribution in [0.25, 0.3) is 0 Å². The van der Waals surface area contributed by atoms with E-state index in [9.17, 15) is 4.79 Å². The molecule has 0 aliphatic rings. The molecule has 0 aromatic heterocycles. The van der Waals surface area contributed by atoms with E-state index in [-0.39, 0.29) is 0 Å². The monoisotopic (exact) mass is 281 g/mol. The highest BCUT2D eigenvalue weighted by molar-refractivity contribution is 5.75. The average Bonchev–Trinajstić information content (AvgIpc) is 2.53. The first kappa shape index (κ1) is 14.6. The van der Waals surface area contributed by atoms with Gasteiger partial charge in [0.1, 0.15) is 12.4 Å². The van der Waals surface area contributed by atoms with E-state index in [0.717, 1.165) is 11.1 Å². The van der Waals surface area contributed by atoms with Crippen molar-refractivity contribution in [2.75, 3.05) is 0 Å². The molecule has 0 amide bonds. The minimum atomic E-state index is -0.836. The van der Waals surface area contributed by atoms with Crippen molar-refractivity contribution in [3.05, 3.63) is 65.2 Å². The lowest BCUT2D eigenvalue weighted by molar-refractivity contribution is -0.138. The van der Waals surface area contributed by atoms with Gasteiger partial charge in [-0.1, -0.05) is 24.3 Å². The molecule has 0 radical (unpaired) electrons.